The lowest BCUT2D eigenvalue weighted by atomic mass is 9.92. The number of esters is 1. The first-order valence-electron chi connectivity index (χ1n) is 8.83. The number of benzene rings is 1. The number of methoxy groups -OCH3 is 1. The number of halogens is 1. The van der Waals surface area contributed by atoms with Crippen LogP contribution in [0.4, 0.5) is 0 Å². The normalized spacial score (nSPS) is 26.0. The molecule has 0 heterocycles. The van der Waals surface area contributed by atoms with Gasteiger partial charge in [-0.05, 0) is 43.7 Å². The quantitative estimate of drug-likeness (QED) is 0.311. The van der Waals surface area contributed by atoms with Crippen molar-refractivity contribution >= 4 is 17.6 Å². The van der Waals surface area contributed by atoms with E-state index in [2.05, 4.69) is 16.9 Å². The van der Waals surface area contributed by atoms with Crippen LogP contribution in [0.25, 0.3) is 0 Å². The molecular weight excluding hydrogens is 340 g/mol. The second kappa shape index (κ2) is 10.5. The molecular formula is C20H27ClO4. The number of ether oxygens (including phenoxy) is 2. The molecule has 0 amide bonds. The van der Waals surface area contributed by atoms with Crippen molar-refractivity contribution < 1.29 is 19.4 Å². The van der Waals surface area contributed by atoms with E-state index < -0.39 is 6.10 Å². The summed E-state index contributed by atoms with van der Waals surface area (Å²) in [6, 6.07) is 9.63. The molecule has 0 spiro atoms. The van der Waals surface area contributed by atoms with Crippen molar-refractivity contribution in [2.75, 3.05) is 13.7 Å². The number of carbonyl (C=O) groups excluding carboxylic acids is 1. The smallest absolute Gasteiger partial charge is 0.305 e. The van der Waals surface area contributed by atoms with Gasteiger partial charge in [-0.25, -0.2) is 0 Å². The van der Waals surface area contributed by atoms with Gasteiger partial charge < -0.3 is 14.6 Å². The summed E-state index contributed by atoms with van der Waals surface area (Å²) in [7, 11) is 1.40. The van der Waals surface area contributed by atoms with E-state index in [1.165, 1.54) is 7.11 Å². The summed E-state index contributed by atoms with van der Waals surface area (Å²) in [5.74, 6) is 0.857. The Labute approximate surface area is 154 Å². The van der Waals surface area contributed by atoms with Crippen LogP contribution in [0.3, 0.4) is 0 Å². The number of unbranched alkanes of at least 4 members (excludes halogenated alkanes) is 1. The SMILES string of the molecule is COC(=O)CCC/C=C\C[C@@H]1[C@@H](COc2ccccc2)[C@H](O)C[C@H]1Cl. The maximum atomic E-state index is 11.1. The molecule has 1 aliphatic rings. The van der Waals surface area contributed by atoms with Gasteiger partial charge in [-0.3, -0.25) is 4.79 Å². The van der Waals surface area contributed by atoms with E-state index in [-0.39, 0.29) is 23.2 Å². The van der Waals surface area contributed by atoms with Crippen molar-refractivity contribution in [2.24, 2.45) is 11.8 Å². The Morgan fingerprint density at radius 1 is 1.28 bits per heavy atom. The van der Waals surface area contributed by atoms with Gasteiger partial charge in [0.2, 0.25) is 0 Å². The van der Waals surface area contributed by atoms with Gasteiger partial charge in [0, 0.05) is 17.7 Å². The fourth-order valence-electron chi connectivity index (χ4n) is 3.24. The third-order valence-corrected chi connectivity index (χ3v) is 5.22. The summed E-state index contributed by atoms with van der Waals surface area (Å²) in [6.45, 7) is 0.468. The Morgan fingerprint density at radius 3 is 2.76 bits per heavy atom. The minimum absolute atomic E-state index is 0.0300. The standard InChI is InChI=1S/C20H27ClO4/c1-24-20(23)12-8-3-2-7-11-16-17(19(22)13-18(16)21)14-25-15-9-5-4-6-10-15/h2,4-7,9-10,16-19,22H,3,8,11-14H2,1H3/b7-2-/t16-,17-,18-,19-/m1/s1. The average molecular weight is 367 g/mol. The van der Waals surface area contributed by atoms with Crippen LogP contribution in [0.15, 0.2) is 42.5 Å². The van der Waals surface area contributed by atoms with E-state index >= 15 is 0 Å². The predicted molar refractivity (Wildman–Crippen MR) is 98.8 cm³/mol. The van der Waals surface area contributed by atoms with Crippen molar-refractivity contribution in [2.45, 2.75) is 43.6 Å². The molecule has 0 bridgehead atoms. The maximum absolute atomic E-state index is 11.1. The van der Waals surface area contributed by atoms with Crippen LogP contribution in [0.5, 0.6) is 5.75 Å². The summed E-state index contributed by atoms with van der Waals surface area (Å²) in [6.07, 6.45) is 7.22. The van der Waals surface area contributed by atoms with Gasteiger partial charge in [0.25, 0.3) is 0 Å². The Balaban J connectivity index is 1.79. The summed E-state index contributed by atoms with van der Waals surface area (Å²) >= 11 is 6.44. The fraction of sp³-hybridized carbons (Fsp3) is 0.550. The van der Waals surface area contributed by atoms with Crippen molar-refractivity contribution in [3.63, 3.8) is 0 Å². The monoisotopic (exact) mass is 366 g/mol. The van der Waals surface area contributed by atoms with Gasteiger partial charge in [0.15, 0.2) is 0 Å². The first kappa shape index (κ1) is 19.8. The molecule has 25 heavy (non-hydrogen) atoms. The molecule has 1 aliphatic carbocycles. The number of para-hydroxylation sites is 1. The lowest BCUT2D eigenvalue weighted by Gasteiger charge is -2.22. The van der Waals surface area contributed by atoms with Crippen LogP contribution in [0.2, 0.25) is 0 Å². The predicted octanol–water partition coefficient (Wildman–Crippen LogP) is 3.96. The minimum atomic E-state index is -0.427. The van der Waals surface area contributed by atoms with Crippen LogP contribution in [-0.2, 0) is 9.53 Å². The number of hydrogen-bond donors (Lipinski definition) is 1. The van der Waals surface area contributed by atoms with Crippen molar-refractivity contribution in [1.82, 2.24) is 0 Å². The zero-order valence-corrected chi connectivity index (χ0v) is 15.4. The molecule has 0 unspecified atom stereocenters. The minimum Gasteiger partial charge on any atom is -0.493 e. The molecule has 1 aromatic rings. The van der Waals surface area contributed by atoms with Gasteiger partial charge in [-0.2, -0.15) is 0 Å². The largest absolute Gasteiger partial charge is 0.493 e. The number of aliphatic hydroxyl groups is 1. The molecule has 2 rings (SSSR count). The lowest BCUT2D eigenvalue weighted by molar-refractivity contribution is -0.140. The number of rotatable bonds is 9. The van der Waals surface area contributed by atoms with Crippen molar-refractivity contribution in [3.8, 4) is 5.75 Å². The van der Waals surface area contributed by atoms with Gasteiger partial charge >= 0.3 is 5.97 Å². The third-order valence-electron chi connectivity index (χ3n) is 4.72. The Hall–Kier alpha value is -1.52. The molecule has 0 aliphatic heterocycles. The van der Waals surface area contributed by atoms with Gasteiger partial charge in [-0.1, -0.05) is 30.4 Å². The van der Waals surface area contributed by atoms with E-state index in [1.54, 1.807) is 0 Å². The first-order chi connectivity index (χ1) is 12.1. The zero-order valence-electron chi connectivity index (χ0n) is 14.6. The van der Waals surface area contributed by atoms with Gasteiger partial charge in [0.1, 0.15) is 5.75 Å². The van der Waals surface area contributed by atoms with Gasteiger partial charge in [-0.15, -0.1) is 11.6 Å². The highest BCUT2D eigenvalue weighted by atomic mass is 35.5. The van der Waals surface area contributed by atoms with Gasteiger partial charge in [0.05, 0.1) is 19.8 Å². The molecule has 4 atom stereocenters. The molecule has 1 fully saturated rings. The number of aliphatic hydroxyl groups excluding tert-OH is 1. The molecule has 5 heteroatoms. The molecule has 0 saturated heterocycles. The average Bonchev–Trinajstić information content (AvgIpc) is 2.89. The van der Waals surface area contributed by atoms with Crippen LogP contribution < -0.4 is 4.74 Å². The van der Waals surface area contributed by atoms with Crippen LogP contribution in [-0.4, -0.2) is 36.3 Å². The summed E-state index contributed by atoms with van der Waals surface area (Å²) < 4.78 is 10.4. The molecule has 4 nitrogen and oxygen atoms in total. The van der Waals surface area contributed by atoms with Crippen LogP contribution in [0.1, 0.15) is 32.1 Å². The van der Waals surface area contributed by atoms with E-state index in [1.807, 2.05) is 30.3 Å². The second-order valence-electron chi connectivity index (χ2n) is 6.45. The van der Waals surface area contributed by atoms with E-state index in [9.17, 15) is 9.90 Å². The molecule has 1 N–H and O–H groups in total. The van der Waals surface area contributed by atoms with Crippen molar-refractivity contribution in [1.29, 1.82) is 0 Å². The number of hydrogen-bond acceptors (Lipinski definition) is 4. The topological polar surface area (TPSA) is 55.8 Å². The summed E-state index contributed by atoms with van der Waals surface area (Å²) in [5.41, 5.74) is 0. The summed E-state index contributed by atoms with van der Waals surface area (Å²) in [5, 5.41) is 10.3. The molecule has 0 aromatic heterocycles. The molecule has 1 saturated carbocycles. The molecule has 1 aromatic carbocycles. The second-order valence-corrected chi connectivity index (χ2v) is 7.01. The highest BCUT2D eigenvalue weighted by Gasteiger charge is 2.41. The molecule has 0 radical (unpaired) electrons. The summed E-state index contributed by atoms with van der Waals surface area (Å²) in [4.78, 5) is 11.1. The Bertz CT molecular complexity index is 546. The van der Waals surface area contributed by atoms with Crippen molar-refractivity contribution in [3.05, 3.63) is 42.5 Å². The lowest BCUT2D eigenvalue weighted by Crippen LogP contribution is -2.27. The Kier molecular flexibility index (Phi) is 8.29. The van der Waals surface area contributed by atoms with E-state index in [0.717, 1.165) is 25.0 Å². The van der Waals surface area contributed by atoms with Crippen LogP contribution >= 0.6 is 11.6 Å². The number of allylic oxidation sites excluding steroid dienone is 2. The maximum Gasteiger partial charge on any atom is 0.305 e. The first-order valence-corrected chi connectivity index (χ1v) is 9.27. The molecule has 138 valence electrons. The van der Waals surface area contributed by atoms with E-state index in [0.29, 0.717) is 19.4 Å². The third kappa shape index (κ3) is 6.37. The number of alkyl halides is 1. The fourth-order valence-corrected chi connectivity index (χ4v) is 3.71. The zero-order chi connectivity index (χ0) is 18.1. The highest BCUT2D eigenvalue weighted by molar-refractivity contribution is 6.21. The highest BCUT2D eigenvalue weighted by Crippen LogP contribution is 2.39. The van der Waals surface area contributed by atoms with Crippen LogP contribution in [0, 0.1) is 11.8 Å². The van der Waals surface area contributed by atoms with E-state index in [4.69, 9.17) is 16.3 Å². The Morgan fingerprint density at radius 2 is 2.04 bits per heavy atom. The number of carbonyl (C=O) groups is 1.